The third kappa shape index (κ3) is 2.79. The lowest BCUT2D eigenvalue weighted by Gasteiger charge is -2.19. The van der Waals surface area contributed by atoms with Crippen molar-refractivity contribution in [3.63, 3.8) is 0 Å². The highest BCUT2D eigenvalue weighted by Gasteiger charge is 2.46. The number of imide groups is 1. The van der Waals surface area contributed by atoms with Crippen LogP contribution in [0.2, 0.25) is 0 Å². The third-order valence-electron chi connectivity index (χ3n) is 3.04. The second kappa shape index (κ2) is 5.34. The Balaban J connectivity index is 2.66. The van der Waals surface area contributed by atoms with Gasteiger partial charge in [0.15, 0.2) is 0 Å². The Kier molecular flexibility index (Phi) is 4.28. The van der Waals surface area contributed by atoms with Gasteiger partial charge in [-0.2, -0.15) is 0 Å². The van der Waals surface area contributed by atoms with Crippen molar-refractivity contribution in [1.29, 1.82) is 0 Å². The maximum absolute atomic E-state index is 12.0. The van der Waals surface area contributed by atoms with Crippen molar-refractivity contribution in [3.8, 4) is 0 Å². The topological polar surface area (TPSA) is 98.7 Å². The van der Waals surface area contributed by atoms with Crippen LogP contribution in [0.15, 0.2) is 0 Å². The maximum Gasteiger partial charge on any atom is 0.325 e. The Hall–Kier alpha value is -1.63. The second-order valence-corrected chi connectivity index (χ2v) is 4.66. The number of nitrogens with one attached hydrogen (secondary N) is 2. The molecule has 2 atom stereocenters. The van der Waals surface area contributed by atoms with Crippen molar-refractivity contribution in [2.45, 2.75) is 38.8 Å². The molecule has 1 aliphatic rings. The van der Waals surface area contributed by atoms with E-state index in [1.165, 1.54) is 0 Å². The van der Waals surface area contributed by atoms with Crippen LogP contribution in [-0.4, -0.2) is 52.6 Å². The molecule has 1 unspecified atom stereocenters. The van der Waals surface area contributed by atoms with E-state index >= 15 is 0 Å². The molecule has 3 N–H and O–H groups in total. The molecule has 0 aromatic rings. The van der Waals surface area contributed by atoms with E-state index in [4.69, 9.17) is 5.11 Å². The van der Waals surface area contributed by atoms with Gasteiger partial charge < -0.3 is 15.7 Å². The van der Waals surface area contributed by atoms with Crippen LogP contribution in [0.25, 0.3) is 0 Å². The highest BCUT2D eigenvalue weighted by Crippen LogP contribution is 2.20. The number of rotatable bonds is 5. The first-order valence-electron chi connectivity index (χ1n) is 5.88. The predicted molar refractivity (Wildman–Crippen MR) is 63.6 cm³/mol. The smallest absolute Gasteiger partial charge is 0.325 e. The number of hydrogen-bond donors (Lipinski definition) is 3. The fourth-order valence-corrected chi connectivity index (χ4v) is 1.64. The summed E-state index contributed by atoms with van der Waals surface area (Å²) in [5.41, 5.74) is -0.931. The van der Waals surface area contributed by atoms with Crippen LogP contribution in [0.3, 0.4) is 0 Å². The van der Waals surface area contributed by atoms with Crippen molar-refractivity contribution in [1.82, 2.24) is 15.5 Å². The minimum absolute atomic E-state index is 0.196. The number of nitrogens with zero attached hydrogens (tertiary/aromatic N) is 1. The number of aliphatic hydroxyl groups excluding tert-OH is 1. The Labute approximate surface area is 106 Å². The quantitative estimate of drug-likeness (QED) is 0.562. The number of aliphatic hydroxyl groups is 1. The predicted octanol–water partition coefficient (Wildman–Crippen LogP) is -0.796. The van der Waals surface area contributed by atoms with Crippen LogP contribution < -0.4 is 10.6 Å². The average molecular weight is 257 g/mol. The lowest BCUT2D eigenvalue weighted by atomic mass is 9.99. The van der Waals surface area contributed by atoms with Crippen LogP contribution >= 0.6 is 0 Å². The normalized spacial score (nSPS) is 25.0. The van der Waals surface area contributed by atoms with Gasteiger partial charge in [0.2, 0.25) is 5.91 Å². The first-order chi connectivity index (χ1) is 8.34. The van der Waals surface area contributed by atoms with Gasteiger partial charge in [0.25, 0.3) is 5.91 Å². The Morgan fingerprint density at radius 3 is 2.61 bits per heavy atom. The molecular weight excluding hydrogens is 238 g/mol. The van der Waals surface area contributed by atoms with E-state index in [1.807, 2.05) is 0 Å². The van der Waals surface area contributed by atoms with Gasteiger partial charge in [0.05, 0.1) is 6.61 Å². The molecule has 0 aromatic heterocycles. The van der Waals surface area contributed by atoms with Crippen LogP contribution in [0.1, 0.15) is 27.2 Å². The number of carbonyl (C=O) groups excluding carboxylic acids is 3. The minimum atomic E-state index is -0.931. The van der Waals surface area contributed by atoms with Gasteiger partial charge in [0.1, 0.15) is 12.1 Å². The third-order valence-corrected chi connectivity index (χ3v) is 3.04. The van der Waals surface area contributed by atoms with E-state index in [9.17, 15) is 14.4 Å². The number of amides is 4. The summed E-state index contributed by atoms with van der Waals surface area (Å²) in [5, 5.41) is 13.8. The molecule has 1 fully saturated rings. The zero-order chi connectivity index (χ0) is 13.9. The molecule has 0 spiro atoms. The molecule has 0 bridgehead atoms. The fourth-order valence-electron chi connectivity index (χ4n) is 1.64. The Morgan fingerprint density at radius 1 is 1.56 bits per heavy atom. The summed E-state index contributed by atoms with van der Waals surface area (Å²) in [6.07, 6.45) is 0.461. The molecule has 1 rings (SSSR count). The number of carbonyl (C=O) groups is 3. The Morgan fingerprint density at radius 2 is 2.17 bits per heavy atom. The molecule has 0 saturated carbocycles. The summed E-state index contributed by atoms with van der Waals surface area (Å²) >= 11 is 0. The zero-order valence-electron chi connectivity index (χ0n) is 10.8. The summed E-state index contributed by atoms with van der Waals surface area (Å²) < 4.78 is 0. The largest absolute Gasteiger partial charge is 0.394 e. The van der Waals surface area contributed by atoms with Crippen molar-refractivity contribution in [3.05, 3.63) is 0 Å². The second-order valence-electron chi connectivity index (χ2n) is 4.66. The monoisotopic (exact) mass is 257 g/mol. The first kappa shape index (κ1) is 14.4. The highest BCUT2D eigenvalue weighted by molar-refractivity contribution is 6.08. The molecule has 102 valence electrons. The van der Waals surface area contributed by atoms with Gasteiger partial charge in [-0.15, -0.1) is 0 Å². The SMILES string of the molecule is CCC1(C)NC(=O)N(CC(=O)N[C@@H](C)CO)C1=O. The van der Waals surface area contributed by atoms with Crippen LogP contribution in [-0.2, 0) is 9.59 Å². The molecule has 1 heterocycles. The van der Waals surface area contributed by atoms with E-state index in [1.54, 1.807) is 20.8 Å². The highest BCUT2D eigenvalue weighted by atomic mass is 16.3. The summed E-state index contributed by atoms with van der Waals surface area (Å²) in [6.45, 7) is 4.51. The molecule has 4 amide bonds. The van der Waals surface area contributed by atoms with E-state index in [-0.39, 0.29) is 13.2 Å². The van der Waals surface area contributed by atoms with E-state index in [2.05, 4.69) is 10.6 Å². The molecule has 0 radical (unpaired) electrons. The molecule has 18 heavy (non-hydrogen) atoms. The summed E-state index contributed by atoms with van der Waals surface area (Å²) in [4.78, 5) is 36.0. The minimum Gasteiger partial charge on any atom is -0.394 e. The molecule has 7 heteroatoms. The van der Waals surface area contributed by atoms with Gasteiger partial charge in [-0.25, -0.2) is 4.79 Å². The summed E-state index contributed by atoms with van der Waals surface area (Å²) in [7, 11) is 0. The molecule has 7 nitrogen and oxygen atoms in total. The van der Waals surface area contributed by atoms with Gasteiger partial charge in [-0.3, -0.25) is 14.5 Å². The van der Waals surface area contributed by atoms with Crippen LogP contribution in [0, 0.1) is 0 Å². The Bertz CT molecular complexity index is 371. The van der Waals surface area contributed by atoms with Gasteiger partial charge in [0, 0.05) is 6.04 Å². The lowest BCUT2D eigenvalue weighted by molar-refractivity contribution is -0.134. The zero-order valence-corrected chi connectivity index (χ0v) is 10.8. The van der Waals surface area contributed by atoms with Crippen molar-refractivity contribution in [2.24, 2.45) is 0 Å². The first-order valence-corrected chi connectivity index (χ1v) is 5.88. The molecule has 1 aliphatic heterocycles. The van der Waals surface area contributed by atoms with Crippen molar-refractivity contribution >= 4 is 17.8 Å². The van der Waals surface area contributed by atoms with Gasteiger partial charge in [-0.05, 0) is 20.3 Å². The van der Waals surface area contributed by atoms with Crippen LogP contribution in [0.4, 0.5) is 4.79 Å². The standard InChI is InChI=1S/C11H19N3O4/c1-4-11(3)9(17)14(10(18)13-11)5-8(16)12-7(2)6-15/h7,15H,4-6H2,1-3H3,(H,12,16)(H,13,18)/t7-,11?/m0/s1. The lowest BCUT2D eigenvalue weighted by Crippen LogP contribution is -2.46. The van der Waals surface area contributed by atoms with E-state index < -0.39 is 29.4 Å². The summed E-state index contributed by atoms with van der Waals surface area (Å²) in [6, 6.07) is -0.966. The van der Waals surface area contributed by atoms with Crippen LogP contribution in [0.5, 0.6) is 0 Å². The molecule has 1 saturated heterocycles. The molecule has 0 aromatic carbocycles. The number of hydrogen-bond acceptors (Lipinski definition) is 4. The maximum atomic E-state index is 12.0. The van der Waals surface area contributed by atoms with E-state index in [0.29, 0.717) is 6.42 Å². The van der Waals surface area contributed by atoms with E-state index in [0.717, 1.165) is 4.90 Å². The number of urea groups is 1. The van der Waals surface area contributed by atoms with Gasteiger partial charge in [-0.1, -0.05) is 6.92 Å². The average Bonchev–Trinajstić information content (AvgIpc) is 2.53. The fraction of sp³-hybridized carbons (Fsp3) is 0.727. The summed E-state index contributed by atoms with van der Waals surface area (Å²) in [5.74, 6) is -0.873. The molecular formula is C11H19N3O4. The van der Waals surface area contributed by atoms with Crippen molar-refractivity contribution < 1.29 is 19.5 Å². The molecule has 0 aliphatic carbocycles. The van der Waals surface area contributed by atoms with Crippen molar-refractivity contribution in [2.75, 3.05) is 13.2 Å². The van der Waals surface area contributed by atoms with Gasteiger partial charge >= 0.3 is 6.03 Å².